The molecule has 0 saturated heterocycles. The Morgan fingerprint density at radius 2 is 2.25 bits per heavy atom. The van der Waals surface area contributed by atoms with Gasteiger partial charge < -0.3 is 10.2 Å². The average molecular weight is 307 g/mol. The van der Waals surface area contributed by atoms with E-state index in [1.165, 1.54) is 16.9 Å². The van der Waals surface area contributed by atoms with Crippen molar-refractivity contribution in [3.63, 3.8) is 0 Å². The number of nitrogens with one attached hydrogen (secondary N) is 1. The maximum absolute atomic E-state index is 12.4. The molecular weight excluding hydrogens is 292 g/mol. The first-order valence-electron chi connectivity index (χ1n) is 6.50. The molecule has 1 aliphatic rings. The molecule has 3 rings (SSSR count). The van der Waals surface area contributed by atoms with Crippen LogP contribution in [0.4, 0.5) is 5.69 Å². The van der Waals surface area contributed by atoms with Gasteiger partial charge in [-0.25, -0.2) is 0 Å². The second-order valence-corrected chi connectivity index (χ2v) is 6.72. The van der Waals surface area contributed by atoms with E-state index in [2.05, 4.69) is 5.32 Å². The highest BCUT2D eigenvalue weighted by atomic mass is 35.5. The van der Waals surface area contributed by atoms with Gasteiger partial charge in [0.15, 0.2) is 0 Å². The predicted molar refractivity (Wildman–Crippen MR) is 83.8 cm³/mol. The molecular formula is C15H15ClN2OS. The second kappa shape index (κ2) is 5.46. The lowest BCUT2D eigenvalue weighted by Crippen LogP contribution is -2.25. The smallest absolute Gasteiger partial charge is 0.253 e. The lowest BCUT2D eigenvalue weighted by molar-refractivity contribution is 0.0786. The van der Waals surface area contributed by atoms with Gasteiger partial charge in [0.1, 0.15) is 0 Å². The fraction of sp³-hybridized carbons (Fsp3) is 0.267. The summed E-state index contributed by atoms with van der Waals surface area (Å²) in [5.74, 6) is 0.0456. The summed E-state index contributed by atoms with van der Waals surface area (Å²) < 4.78 is 0.754. The molecule has 0 saturated carbocycles. The molecule has 0 unspecified atom stereocenters. The SMILES string of the molecule is CN(Cc1ccc(Cl)s1)C(=O)c1ccc2c(c1)CCN2. The number of hydrogen-bond donors (Lipinski definition) is 1. The number of anilines is 1. The monoisotopic (exact) mass is 306 g/mol. The number of nitrogens with zero attached hydrogens (tertiary/aromatic N) is 1. The van der Waals surface area contributed by atoms with Gasteiger partial charge in [0.05, 0.1) is 10.9 Å². The van der Waals surface area contributed by atoms with Gasteiger partial charge in [0.25, 0.3) is 5.91 Å². The van der Waals surface area contributed by atoms with E-state index in [4.69, 9.17) is 11.6 Å². The van der Waals surface area contributed by atoms with Crippen molar-refractivity contribution in [1.82, 2.24) is 4.90 Å². The van der Waals surface area contributed by atoms with Crippen molar-refractivity contribution in [3.05, 3.63) is 50.7 Å². The molecule has 104 valence electrons. The molecule has 1 N–H and O–H groups in total. The first-order valence-corrected chi connectivity index (χ1v) is 7.69. The third kappa shape index (κ3) is 2.67. The highest BCUT2D eigenvalue weighted by Crippen LogP contribution is 2.25. The molecule has 1 aromatic heterocycles. The number of carbonyl (C=O) groups is 1. The van der Waals surface area contributed by atoms with Gasteiger partial charge in [-0.3, -0.25) is 4.79 Å². The van der Waals surface area contributed by atoms with Gasteiger partial charge in [0, 0.05) is 29.7 Å². The fourth-order valence-corrected chi connectivity index (χ4v) is 3.54. The van der Waals surface area contributed by atoms with E-state index >= 15 is 0 Å². The van der Waals surface area contributed by atoms with Crippen molar-refractivity contribution in [2.75, 3.05) is 18.9 Å². The second-order valence-electron chi connectivity index (χ2n) is 4.92. The summed E-state index contributed by atoms with van der Waals surface area (Å²) >= 11 is 7.42. The summed E-state index contributed by atoms with van der Waals surface area (Å²) in [5.41, 5.74) is 3.12. The summed E-state index contributed by atoms with van der Waals surface area (Å²) in [6, 6.07) is 9.70. The number of amides is 1. The fourth-order valence-electron chi connectivity index (χ4n) is 2.40. The molecule has 0 fully saturated rings. The van der Waals surface area contributed by atoms with Crippen LogP contribution in [0, 0.1) is 0 Å². The lowest BCUT2D eigenvalue weighted by atomic mass is 10.1. The maximum atomic E-state index is 12.4. The zero-order valence-electron chi connectivity index (χ0n) is 11.1. The van der Waals surface area contributed by atoms with Crippen LogP contribution in [0.5, 0.6) is 0 Å². The highest BCUT2D eigenvalue weighted by Gasteiger charge is 2.16. The first-order chi connectivity index (χ1) is 9.63. The molecule has 3 nitrogen and oxygen atoms in total. The van der Waals surface area contributed by atoms with Crippen molar-refractivity contribution >= 4 is 34.5 Å². The van der Waals surface area contributed by atoms with E-state index in [1.807, 2.05) is 37.4 Å². The van der Waals surface area contributed by atoms with Gasteiger partial charge in [-0.1, -0.05) is 11.6 Å². The van der Waals surface area contributed by atoms with Crippen LogP contribution in [0.3, 0.4) is 0 Å². The Kier molecular flexibility index (Phi) is 3.68. The molecule has 0 radical (unpaired) electrons. The van der Waals surface area contributed by atoms with Gasteiger partial charge in [-0.2, -0.15) is 0 Å². The predicted octanol–water partition coefficient (Wildman–Crippen LogP) is 3.64. The minimum Gasteiger partial charge on any atom is -0.384 e. The van der Waals surface area contributed by atoms with Crippen molar-refractivity contribution in [1.29, 1.82) is 0 Å². The minimum atomic E-state index is 0.0456. The summed E-state index contributed by atoms with van der Waals surface area (Å²) in [6.45, 7) is 1.54. The molecule has 1 aliphatic heterocycles. The van der Waals surface area contributed by atoms with E-state index in [-0.39, 0.29) is 5.91 Å². The Morgan fingerprint density at radius 1 is 1.40 bits per heavy atom. The number of halogens is 1. The standard InChI is InChI=1S/C15H15ClN2OS/c1-18(9-12-3-5-14(16)20-12)15(19)11-2-4-13-10(8-11)6-7-17-13/h2-5,8,17H,6-7,9H2,1H3. The molecule has 5 heteroatoms. The normalized spacial score (nSPS) is 12.9. The minimum absolute atomic E-state index is 0.0456. The van der Waals surface area contributed by atoms with Gasteiger partial charge in [0.2, 0.25) is 0 Å². The molecule has 1 amide bonds. The Hall–Kier alpha value is -1.52. The van der Waals surface area contributed by atoms with Gasteiger partial charge >= 0.3 is 0 Å². The van der Waals surface area contributed by atoms with Gasteiger partial charge in [-0.15, -0.1) is 11.3 Å². The van der Waals surface area contributed by atoms with Crippen molar-refractivity contribution in [2.45, 2.75) is 13.0 Å². The van der Waals surface area contributed by atoms with Crippen LogP contribution in [0.1, 0.15) is 20.8 Å². The van der Waals surface area contributed by atoms with Crippen LogP contribution in [0.25, 0.3) is 0 Å². The number of hydrogen-bond acceptors (Lipinski definition) is 3. The molecule has 0 aliphatic carbocycles. The van der Waals surface area contributed by atoms with Crippen LogP contribution in [0.2, 0.25) is 4.34 Å². The molecule has 2 aromatic rings. The molecule has 20 heavy (non-hydrogen) atoms. The number of rotatable bonds is 3. The van der Waals surface area contributed by atoms with E-state index in [1.54, 1.807) is 4.90 Å². The average Bonchev–Trinajstić information content (AvgIpc) is 3.05. The molecule has 1 aromatic carbocycles. The van der Waals surface area contributed by atoms with Crippen LogP contribution in [-0.4, -0.2) is 24.4 Å². The zero-order valence-corrected chi connectivity index (χ0v) is 12.7. The number of carbonyl (C=O) groups excluding carboxylic acids is 1. The van der Waals surface area contributed by atoms with Crippen molar-refractivity contribution < 1.29 is 4.79 Å². The van der Waals surface area contributed by atoms with E-state index in [9.17, 15) is 4.79 Å². The summed E-state index contributed by atoms with van der Waals surface area (Å²) in [4.78, 5) is 15.3. The van der Waals surface area contributed by atoms with E-state index < -0.39 is 0 Å². The molecule has 0 atom stereocenters. The molecule has 2 heterocycles. The third-order valence-corrected chi connectivity index (χ3v) is 4.65. The van der Waals surface area contributed by atoms with Crippen molar-refractivity contribution in [3.8, 4) is 0 Å². The van der Waals surface area contributed by atoms with Crippen LogP contribution in [0.15, 0.2) is 30.3 Å². The van der Waals surface area contributed by atoms with E-state index in [0.717, 1.165) is 33.4 Å². The quantitative estimate of drug-likeness (QED) is 0.939. The lowest BCUT2D eigenvalue weighted by Gasteiger charge is -2.16. The highest BCUT2D eigenvalue weighted by molar-refractivity contribution is 7.16. The topological polar surface area (TPSA) is 32.3 Å². The van der Waals surface area contributed by atoms with Crippen LogP contribution < -0.4 is 5.32 Å². The summed E-state index contributed by atoms with van der Waals surface area (Å²) in [7, 11) is 1.82. The zero-order chi connectivity index (χ0) is 14.1. The van der Waals surface area contributed by atoms with Gasteiger partial charge in [-0.05, 0) is 42.3 Å². The number of benzene rings is 1. The summed E-state index contributed by atoms with van der Waals surface area (Å²) in [5, 5.41) is 3.30. The Balaban J connectivity index is 1.74. The molecule has 0 spiro atoms. The molecule has 0 bridgehead atoms. The first kappa shape index (κ1) is 13.5. The number of fused-ring (bicyclic) bond motifs is 1. The van der Waals surface area contributed by atoms with Crippen LogP contribution >= 0.6 is 22.9 Å². The Labute approximate surface area is 127 Å². The number of thiophene rings is 1. The van der Waals surface area contributed by atoms with Crippen molar-refractivity contribution in [2.24, 2.45) is 0 Å². The Bertz CT molecular complexity index is 653. The van der Waals surface area contributed by atoms with E-state index in [0.29, 0.717) is 6.54 Å². The van der Waals surface area contributed by atoms with Crippen LogP contribution in [-0.2, 0) is 13.0 Å². The maximum Gasteiger partial charge on any atom is 0.253 e. The summed E-state index contributed by atoms with van der Waals surface area (Å²) in [6.07, 6.45) is 0.987. The third-order valence-electron chi connectivity index (χ3n) is 3.43. The Morgan fingerprint density at radius 3 is 3.00 bits per heavy atom. The largest absolute Gasteiger partial charge is 0.384 e.